The quantitative estimate of drug-likeness (QED) is 0.758. The van der Waals surface area contributed by atoms with E-state index in [1.54, 1.807) is 0 Å². The molecule has 0 aromatic heterocycles. The Morgan fingerprint density at radius 1 is 1.20 bits per heavy atom. The molecule has 1 aliphatic carbocycles. The molecule has 2 nitrogen and oxygen atoms in total. The fourth-order valence-corrected chi connectivity index (χ4v) is 3.14. The van der Waals surface area contributed by atoms with Crippen molar-refractivity contribution in [3.63, 3.8) is 0 Å². The highest BCUT2D eigenvalue weighted by Crippen LogP contribution is 2.32. The van der Waals surface area contributed by atoms with Gasteiger partial charge in [0, 0.05) is 24.7 Å². The lowest BCUT2D eigenvalue weighted by molar-refractivity contribution is 0.0512. The minimum atomic E-state index is 0.387. The number of nitrogens with zero attached hydrogens (tertiary/aromatic N) is 1. The first kappa shape index (κ1) is 11.4. The van der Waals surface area contributed by atoms with Crippen molar-refractivity contribution in [2.75, 3.05) is 13.1 Å². The third-order valence-electron chi connectivity index (χ3n) is 4.39. The molecule has 88 valence electrons. The lowest BCUT2D eigenvalue weighted by Gasteiger charge is -2.46. The zero-order valence-electron chi connectivity index (χ0n) is 10.3. The molecule has 0 bridgehead atoms. The molecule has 2 fully saturated rings. The fraction of sp³-hybridized carbons (Fsp3) is 1.00. The van der Waals surface area contributed by atoms with E-state index in [0.717, 1.165) is 12.5 Å². The van der Waals surface area contributed by atoms with Gasteiger partial charge in [-0.15, -0.1) is 0 Å². The number of rotatable bonds is 2. The van der Waals surface area contributed by atoms with Gasteiger partial charge in [0.2, 0.25) is 0 Å². The molecular formula is C13H26N2. The van der Waals surface area contributed by atoms with Crippen LogP contribution in [0.2, 0.25) is 0 Å². The highest BCUT2D eigenvalue weighted by Gasteiger charge is 2.34. The first-order valence-electron chi connectivity index (χ1n) is 6.58. The van der Waals surface area contributed by atoms with E-state index in [0.29, 0.717) is 11.6 Å². The predicted molar refractivity (Wildman–Crippen MR) is 64.8 cm³/mol. The minimum absolute atomic E-state index is 0.387. The Morgan fingerprint density at radius 2 is 1.87 bits per heavy atom. The van der Waals surface area contributed by atoms with Gasteiger partial charge in [-0.2, -0.15) is 0 Å². The molecular weight excluding hydrogens is 184 g/mol. The minimum Gasteiger partial charge on any atom is -0.327 e. The van der Waals surface area contributed by atoms with Crippen LogP contribution in [0.15, 0.2) is 0 Å². The molecule has 0 amide bonds. The van der Waals surface area contributed by atoms with Crippen molar-refractivity contribution in [3.05, 3.63) is 0 Å². The van der Waals surface area contributed by atoms with Crippen LogP contribution < -0.4 is 5.73 Å². The summed E-state index contributed by atoms with van der Waals surface area (Å²) in [6, 6.07) is 0.416. The maximum atomic E-state index is 6.08. The van der Waals surface area contributed by atoms with Crippen molar-refractivity contribution < 1.29 is 0 Å². The highest BCUT2D eigenvalue weighted by atomic mass is 15.2. The third-order valence-corrected chi connectivity index (χ3v) is 4.39. The Balaban J connectivity index is 1.92. The van der Waals surface area contributed by atoms with Gasteiger partial charge in [-0.25, -0.2) is 0 Å². The molecule has 15 heavy (non-hydrogen) atoms. The molecule has 2 heteroatoms. The van der Waals surface area contributed by atoms with E-state index in [9.17, 15) is 0 Å². The maximum absolute atomic E-state index is 6.08. The van der Waals surface area contributed by atoms with Crippen molar-refractivity contribution in [3.8, 4) is 0 Å². The van der Waals surface area contributed by atoms with Crippen molar-refractivity contribution in [1.82, 2.24) is 4.90 Å². The summed E-state index contributed by atoms with van der Waals surface area (Å²) in [5.41, 5.74) is 6.47. The van der Waals surface area contributed by atoms with Gasteiger partial charge >= 0.3 is 0 Å². The van der Waals surface area contributed by atoms with Crippen LogP contribution in [0.5, 0.6) is 0 Å². The molecule has 0 aromatic rings. The Hall–Kier alpha value is -0.0800. The lowest BCUT2D eigenvalue weighted by Crippen LogP contribution is -2.55. The van der Waals surface area contributed by atoms with Crippen LogP contribution in [-0.2, 0) is 0 Å². The zero-order valence-corrected chi connectivity index (χ0v) is 10.3. The lowest BCUT2D eigenvalue weighted by atomic mass is 9.87. The van der Waals surface area contributed by atoms with Crippen molar-refractivity contribution in [2.24, 2.45) is 11.7 Å². The second-order valence-corrected chi connectivity index (χ2v) is 6.17. The summed E-state index contributed by atoms with van der Waals surface area (Å²) in [4.78, 5) is 2.65. The first-order valence-corrected chi connectivity index (χ1v) is 6.58. The Bertz CT molecular complexity index is 207. The predicted octanol–water partition coefficient (Wildman–Crippen LogP) is 2.38. The molecule has 2 aliphatic rings. The van der Waals surface area contributed by atoms with E-state index in [4.69, 9.17) is 5.73 Å². The highest BCUT2D eigenvalue weighted by molar-refractivity contribution is 4.91. The number of nitrogens with two attached hydrogens (primary N) is 1. The normalized spacial score (nSPS) is 33.4. The number of hydrogen-bond donors (Lipinski definition) is 1. The van der Waals surface area contributed by atoms with Crippen LogP contribution in [0, 0.1) is 5.92 Å². The molecule has 1 saturated carbocycles. The largest absolute Gasteiger partial charge is 0.327 e. The van der Waals surface area contributed by atoms with Crippen molar-refractivity contribution in [2.45, 2.75) is 64.0 Å². The summed E-state index contributed by atoms with van der Waals surface area (Å²) < 4.78 is 0. The molecule has 0 radical (unpaired) electrons. The number of hydrogen-bond acceptors (Lipinski definition) is 2. The van der Waals surface area contributed by atoms with Crippen LogP contribution in [0.25, 0.3) is 0 Å². The molecule has 1 atom stereocenters. The van der Waals surface area contributed by atoms with Gasteiger partial charge in [0.1, 0.15) is 0 Å². The standard InChI is InChI=1S/C13H26N2/c1-13(2)8-7-12(14)10-15(13)9-11-5-3-4-6-11/h11-12H,3-10,14H2,1-2H3. The van der Waals surface area contributed by atoms with Crippen LogP contribution >= 0.6 is 0 Å². The first-order chi connectivity index (χ1) is 7.08. The van der Waals surface area contributed by atoms with Crippen LogP contribution in [0.1, 0.15) is 52.4 Å². The van der Waals surface area contributed by atoms with Gasteiger partial charge in [0.25, 0.3) is 0 Å². The number of likely N-dealkylation sites (tertiary alicyclic amines) is 1. The van der Waals surface area contributed by atoms with E-state index >= 15 is 0 Å². The van der Waals surface area contributed by atoms with Crippen molar-refractivity contribution >= 4 is 0 Å². The monoisotopic (exact) mass is 210 g/mol. The summed E-state index contributed by atoms with van der Waals surface area (Å²) in [5, 5.41) is 0. The van der Waals surface area contributed by atoms with E-state index in [1.807, 2.05) is 0 Å². The average Bonchev–Trinajstić information content (AvgIpc) is 2.65. The van der Waals surface area contributed by atoms with Crippen LogP contribution in [0.3, 0.4) is 0 Å². The molecule has 1 saturated heterocycles. The summed E-state index contributed by atoms with van der Waals surface area (Å²) in [5.74, 6) is 0.953. The smallest absolute Gasteiger partial charge is 0.0168 e. The molecule has 1 aliphatic heterocycles. The second-order valence-electron chi connectivity index (χ2n) is 6.17. The Labute approximate surface area is 94.2 Å². The van der Waals surface area contributed by atoms with Gasteiger partial charge in [0.05, 0.1) is 0 Å². The van der Waals surface area contributed by atoms with E-state index < -0.39 is 0 Å². The molecule has 2 N–H and O–H groups in total. The maximum Gasteiger partial charge on any atom is 0.0168 e. The Kier molecular flexibility index (Phi) is 3.36. The molecule has 1 unspecified atom stereocenters. The molecule has 2 rings (SSSR count). The molecule has 0 aromatic carbocycles. The van der Waals surface area contributed by atoms with Gasteiger partial charge < -0.3 is 5.73 Å². The summed E-state index contributed by atoms with van der Waals surface area (Å²) in [6.07, 6.45) is 8.26. The van der Waals surface area contributed by atoms with Gasteiger partial charge in [-0.05, 0) is 45.4 Å². The molecule has 0 spiro atoms. The van der Waals surface area contributed by atoms with Crippen molar-refractivity contribution in [1.29, 1.82) is 0 Å². The van der Waals surface area contributed by atoms with Crippen LogP contribution in [0.4, 0.5) is 0 Å². The van der Waals surface area contributed by atoms with Gasteiger partial charge in [0.15, 0.2) is 0 Å². The van der Waals surface area contributed by atoms with Gasteiger partial charge in [-0.3, -0.25) is 4.90 Å². The summed E-state index contributed by atoms with van der Waals surface area (Å²) >= 11 is 0. The summed E-state index contributed by atoms with van der Waals surface area (Å²) in [7, 11) is 0. The third kappa shape index (κ3) is 2.73. The van der Waals surface area contributed by atoms with E-state index in [-0.39, 0.29) is 0 Å². The summed E-state index contributed by atoms with van der Waals surface area (Å²) in [6.45, 7) is 7.17. The van der Waals surface area contributed by atoms with Gasteiger partial charge in [-0.1, -0.05) is 12.8 Å². The average molecular weight is 210 g/mol. The number of piperidine rings is 1. The second kappa shape index (κ2) is 4.42. The van der Waals surface area contributed by atoms with Crippen LogP contribution in [-0.4, -0.2) is 29.6 Å². The van der Waals surface area contributed by atoms with E-state index in [2.05, 4.69) is 18.7 Å². The zero-order chi connectivity index (χ0) is 10.9. The molecule has 1 heterocycles. The Morgan fingerprint density at radius 3 is 2.53 bits per heavy atom. The SMILES string of the molecule is CC1(C)CCC(N)CN1CC1CCCC1. The fourth-order valence-electron chi connectivity index (χ4n) is 3.14. The van der Waals surface area contributed by atoms with E-state index in [1.165, 1.54) is 45.1 Å². The topological polar surface area (TPSA) is 29.3 Å².